The lowest BCUT2D eigenvalue weighted by atomic mass is 10.1. The van der Waals surface area contributed by atoms with Gasteiger partial charge in [0.1, 0.15) is 0 Å². The van der Waals surface area contributed by atoms with Crippen LogP contribution in [0.2, 0.25) is 0 Å². The van der Waals surface area contributed by atoms with E-state index in [0.29, 0.717) is 0 Å². The van der Waals surface area contributed by atoms with E-state index in [1.165, 1.54) is 12.8 Å². The van der Waals surface area contributed by atoms with Crippen LogP contribution >= 0.6 is 15.9 Å². The number of carbonyl (C=O) groups excluding carboxylic acids is 1. The normalized spacial score (nSPS) is 14.9. The summed E-state index contributed by atoms with van der Waals surface area (Å²) >= 11 is 3.53. The van der Waals surface area contributed by atoms with E-state index in [-0.39, 0.29) is 5.78 Å². The predicted octanol–water partition coefficient (Wildman–Crippen LogP) is 3.50. The van der Waals surface area contributed by atoms with Gasteiger partial charge in [-0.15, -0.1) is 0 Å². The first-order valence-electron chi connectivity index (χ1n) is 5.59. The highest BCUT2D eigenvalue weighted by molar-refractivity contribution is 9.10. The van der Waals surface area contributed by atoms with Gasteiger partial charge in [0.25, 0.3) is 0 Å². The number of rotatable bonds is 4. The van der Waals surface area contributed by atoms with E-state index >= 15 is 0 Å². The summed E-state index contributed by atoms with van der Waals surface area (Å²) in [6.07, 6.45) is 2.71. The summed E-state index contributed by atoms with van der Waals surface area (Å²) in [6, 6.07) is 5.82. The molecule has 1 aliphatic rings. The van der Waals surface area contributed by atoms with Crippen molar-refractivity contribution in [2.75, 3.05) is 18.5 Å². The lowest BCUT2D eigenvalue weighted by molar-refractivity contribution is 0.101. The molecule has 1 aliphatic carbocycles. The second-order valence-corrected chi connectivity index (χ2v) is 5.40. The van der Waals surface area contributed by atoms with Crippen LogP contribution in [0.4, 0.5) is 5.69 Å². The van der Waals surface area contributed by atoms with Crippen LogP contribution < -0.4 is 4.90 Å². The van der Waals surface area contributed by atoms with Gasteiger partial charge in [-0.2, -0.15) is 0 Å². The van der Waals surface area contributed by atoms with Gasteiger partial charge < -0.3 is 4.90 Å². The molecule has 86 valence electrons. The van der Waals surface area contributed by atoms with Crippen molar-refractivity contribution in [3.63, 3.8) is 0 Å². The Bertz CT molecular complexity index is 412. The molecule has 0 spiro atoms. The van der Waals surface area contributed by atoms with E-state index in [0.717, 1.165) is 28.2 Å². The Morgan fingerprint density at radius 2 is 2.19 bits per heavy atom. The fourth-order valence-corrected chi connectivity index (χ4v) is 2.50. The molecule has 0 saturated heterocycles. The van der Waals surface area contributed by atoms with Gasteiger partial charge >= 0.3 is 0 Å². The number of benzene rings is 1. The molecule has 3 heteroatoms. The Balaban J connectivity index is 2.17. The Morgan fingerprint density at radius 1 is 1.50 bits per heavy atom. The van der Waals surface area contributed by atoms with E-state index in [9.17, 15) is 4.79 Å². The second-order valence-electron chi connectivity index (χ2n) is 4.55. The Hall–Kier alpha value is -0.830. The second kappa shape index (κ2) is 4.58. The zero-order valence-corrected chi connectivity index (χ0v) is 11.3. The minimum atomic E-state index is 0.108. The van der Waals surface area contributed by atoms with Crippen LogP contribution in [-0.4, -0.2) is 19.4 Å². The summed E-state index contributed by atoms with van der Waals surface area (Å²) in [7, 11) is 2.10. The molecule has 16 heavy (non-hydrogen) atoms. The first-order valence-corrected chi connectivity index (χ1v) is 6.39. The van der Waals surface area contributed by atoms with Gasteiger partial charge in [-0.25, -0.2) is 0 Å². The highest BCUT2D eigenvalue weighted by Gasteiger charge is 2.23. The zero-order valence-electron chi connectivity index (χ0n) is 9.66. The molecule has 1 fully saturated rings. The minimum Gasteiger partial charge on any atom is -0.373 e. The molecular weight excluding hydrogens is 266 g/mol. The van der Waals surface area contributed by atoms with Crippen molar-refractivity contribution < 1.29 is 4.79 Å². The van der Waals surface area contributed by atoms with Gasteiger partial charge in [0.2, 0.25) is 0 Å². The first-order chi connectivity index (χ1) is 7.58. The summed E-state index contributed by atoms with van der Waals surface area (Å²) in [5, 5.41) is 0. The minimum absolute atomic E-state index is 0.108. The molecule has 2 rings (SSSR count). The molecule has 1 aromatic carbocycles. The monoisotopic (exact) mass is 281 g/mol. The Kier molecular flexibility index (Phi) is 3.33. The maximum absolute atomic E-state index is 11.2. The number of anilines is 1. The number of nitrogens with zero attached hydrogens (tertiary/aromatic N) is 1. The summed E-state index contributed by atoms with van der Waals surface area (Å²) < 4.78 is 1.00. The third-order valence-corrected chi connectivity index (χ3v) is 3.63. The molecule has 0 atom stereocenters. The fraction of sp³-hybridized carbons (Fsp3) is 0.462. The third-order valence-electron chi connectivity index (χ3n) is 2.99. The summed E-state index contributed by atoms with van der Waals surface area (Å²) in [5.74, 6) is 0.974. The van der Waals surface area contributed by atoms with Gasteiger partial charge in [0.15, 0.2) is 5.78 Å². The van der Waals surface area contributed by atoms with Gasteiger partial charge in [0, 0.05) is 23.6 Å². The van der Waals surface area contributed by atoms with Gasteiger partial charge in [0.05, 0.1) is 5.69 Å². The van der Waals surface area contributed by atoms with E-state index in [1.54, 1.807) is 6.92 Å². The van der Waals surface area contributed by atoms with Crippen molar-refractivity contribution in [2.45, 2.75) is 19.8 Å². The largest absolute Gasteiger partial charge is 0.373 e. The first kappa shape index (κ1) is 11.6. The van der Waals surface area contributed by atoms with Crippen molar-refractivity contribution in [2.24, 2.45) is 5.92 Å². The molecule has 2 nitrogen and oxygen atoms in total. The van der Waals surface area contributed by atoms with E-state index in [2.05, 4.69) is 27.9 Å². The fourth-order valence-electron chi connectivity index (χ4n) is 1.82. The highest BCUT2D eigenvalue weighted by atomic mass is 79.9. The number of ketones is 1. The van der Waals surface area contributed by atoms with E-state index in [4.69, 9.17) is 0 Å². The molecule has 0 N–H and O–H groups in total. The molecule has 1 aromatic rings. The molecule has 0 bridgehead atoms. The molecular formula is C13H16BrNO. The highest BCUT2D eigenvalue weighted by Crippen LogP contribution is 2.33. The average molecular weight is 282 g/mol. The van der Waals surface area contributed by atoms with Crippen LogP contribution in [0, 0.1) is 5.92 Å². The summed E-state index contributed by atoms with van der Waals surface area (Å²) in [6.45, 7) is 2.70. The van der Waals surface area contributed by atoms with Crippen LogP contribution in [0.1, 0.15) is 30.1 Å². The van der Waals surface area contributed by atoms with Crippen molar-refractivity contribution in [1.29, 1.82) is 0 Å². The molecule has 0 radical (unpaired) electrons. The predicted molar refractivity (Wildman–Crippen MR) is 70.1 cm³/mol. The van der Waals surface area contributed by atoms with Crippen molar-refractivity contribution in [3.8, 4) is 0 Å². The lowest BCUT2D eigenvalue weighted by Gasteiger charge is -2.20. The van der Waals surface area contributed by atoms with E-state index in [1.807, 2.05) is 18.2 Å². The zero-order chi connectivity index (χ0) is 11.7. The molecule has 0 unspecified atom stereocenters. The number of Topliss-reactive ketones (excluding diaryl/α,β-unsaturated/α-hetero) is 1. The molecule has 0 heterocycles. The average Bonchev–Trinajstić information content (AvgIpc) is 3.01. The molecule has 0 aliphatic heterocycles. The van der Waals surface area contributed by atoms with Gasteiger partial charge in [-0.3, -0.25) is 4.79 Å². The maximum Gasteiger partial charge on any atom is 0.159 e. The standard InChI is InChI=1S/C13H16BrNO/c1-9(16)11-5-6-13(12(14)7-11)15(2)8-10-3-4-10/h5-7,10H,3-4,8H2,1-2H3. The van der Waals surface area contributed by atoms with Crippen LogP contribution in [0.3, 0.4) is 0 Å². The number of halogens is 1. The SMILES string of the molecule is CC(=O)c1ccc(N(C)CC2CC2)c(Br)c1. The van der Waals surface area contributed by atoms with E-state index < -0.39 is 0 Å². The quantitative estimate of drug-likeness (QED) is 0.788. The lowest BCUT2D eigenvalue weighted by Crippen LogP contribution is -2.20. The smallest absolute Gasteiger partial charge is 0.159 e. The van der Waals surface area contributed by atoms with Crippen LogP contribution in [-0.2, 0) is 0 Å². The molecule has 0 amide bonds. The van der Waals surface area contributed by atoms with Gasteiger partial charge in [-0.1, -0.05) is 0 Å². The van der Waals surface area contributed by atoms with Crippen LogP contribution in [0.25, 0.3) is 0 Å². The molecule has 0 aromatic heterocycles. The topological polar surface area (TPSA) is 20.3 Å². The van der Waals surface area contributed by atoms with Crippen LogP contribution in [0.15, 0.2) is 22.7 Å². The Morgan fingerprint density at radius 3 is 2.69 bits per heavy atom. The number of hydrogen-bond acceptors (Lipinski definition) is 2. The van der Waals surface area contributed by atoms with Crippen molar-refractivity contribution in [3.05, 3.63) is 28.2 Å². The van der Waals surface area contributed by atoms with Crippen molar-refractivity contribution in [1.82, 2.24) is 0 Å². The number of hydrogen-bond donors (Lipinski definition) is 0. The van der Waals surface area contributed by atoms with Gasteiger partial charge in [-0.05, 0) is 59.8 Å². The summed E-state index contributed by atoms with van der Waals surface area (Å²) in [5.41, 5.74) is 1.92. The number of carbonyl (C=O) groups is 1. The van der Waals surface area contributed by atoms with Crippen LogP contribution in [0.5, 0.6) is 0 Å². The van der Waals surface area contributed by atoms with Crippen molar-refractivity contribution >= 4 is 27.4 Å². The summed E-state index contributed by atoms with van der Waals surface area (Å²) in [4.78, 5) is 13.5. The maximum atomic E-state index is 11.2. The molecule has 1 saturated carbocycles. The Labute approximate surface area is 105 Å². The third kappa shape index (κ3) is 2.64.